The van der Waals surface area contributed by atoms with Gasteiger partial charge in [-0.3, -0.25) is 4.79 Å². The maximum atomic E-state index is 12.4. The number of benzene rings is 2. The summed E-state index contributed by atoms with van der Waals surface area (Å²) in [6.45, 7) is 5.51. The Morgan fingerprint density at radius 3 is 2.48 bits per heavy atom. The van der Waals surface area contributed by atoms with Crippen molar-refractivity contribution < 1.29 is 22.5 Å². The number of hydrogen-bond acceptors (Lipinski definition) is 7. The van der Waals surface area contributed by atoms with E-state index in [0.717, 1.165) is 0 Å². The second-order valence-corrected chi connectivity index (χ2v) is 8.40. The van der Waals surface area contributed by atoms with E-state index in [1.54, 1.807) is 55.5 Å². The molecule has 162 valence electrons. The zero-order valence-electron chi connectivity index (χ0n) is 16.9. The normalized spacial score (nSPS) is 11.1. The van der Waals surface area contributed by atoms with Crippen molar-refractivity contribution in [3.63, 3.8) is 0 Å². The first-order valence-corrected chi connectivity index (χ1v) is 11.0. The summed E-state index contributed by atoms with van der Waals surface area (Å²) in [5.74, 6) is 1.01. The van der Waals surface area contributed by atoms with Crippen LogP contribution in [0.4, 0.5) is 5.69 Å². The van der Waals surface area contributed by atoms with Gasteiger partial charge in [0.05, 0.1) is 5.75 Å². The van der Waals surface area contributed by atoms with Gasteiger partial charge in [-0.05, 0) is 42.0 Å². The molecule has 2 aromatic carbocycles. The quantitative estimate of drug-likeness (QED) is 0.463. The van der Waals surface area contributed by atoms with Crippen molar-refractivity contribution in [2.24, 2.45) is 0 Å². The van der Waals surface area contributed by atoms with Crippen LogP contribution in [0.15, 0.2) is 65.7 Å². The molecule has 0 fully saturated rings. The van der Waals surface area contributed by atoms with Gasteiger partial charge in [0.25, 0.3) is 5.91 Å². The zero-order valence-corrected chi connectivity index (χ0v) is 17.7. The second kappa shape index (κ2) is 10.0. The third-order valence-electron chi connectivity index (χ3n) is 4.07. The largest absolute Gasteiger partial charge is 0.485 e. The van der Waals surface area contributed by atoms with Crippen LogP contribution >= 0.6 is 0 Å². The third kappa shape index (κ3) is 6.76. The zero-order chi connectivity index (χ0) is 22.3. The van der Waals surface area contributed by atoms with Gasteiger partial charge in [-0.25, -0.2) is 13.1 Å². The minimum absolute atomic E-state index is 0.153. The SMILES string of the molecule is C=CCNS(=O)(=O)Cc1ccc(NC(=O)c2ccc(OCc3noc(C)n3)cc2)cc1. The number of aromatic nitrogens is 2. The molecule has 9 nitrogen and oxygen atoms in total. The molecule has 0 atom stereocenters. The van der Waals surface area contributed by atoms with Crippen LogP contribution in [0.3, 0.4) is 0 Å². The number of ether oxygens (including phenoxy) is 1. The first-order valence-electron chi connectivity index (χ1n) is 9.35. The van der Waals surface area contributed by atoms with Crippen molar-refractivity contribution in [3.8, 4) is 5.75 Å². The highest BCUT2D eigenvalue weighted by Crippen LogP contribution is 2.16. The molecule has 0 spiro atoms. The van der Waals surface area contributed by atoms with Gasteiger partial charge in [-0.2, -0.15) is 4.98 Å². The van der Waals surface area contributed by atoms with Crippen LogP contribution in [0.1, 0.15) is 27.6 Å². The van der Waals surface area contributed by atoms with Crippen molar-refractivity contribution in [2.45, 2.75) is 19.3 Å². The van der Waals surface area contributed by atoms with Crippen LogP contribution in [-0.4, -0.2) is 31.0 Å². The number of nitrogens with one attached hydrogen (secondary N) is 2. The van der Waals surface area contributed by atoms with Crippen LogP contribution in [0.5, 0.6) is 5.75 Å². The number of carbonyl (C=O) groups excluding carboxylic acids is 1. The molecule has 1 heterocycles. The summed E-state index contributed by atoms with van der Waals surface area (Å²) < 4.78 is 36.7. The summed E-state index contributed by atoms with van der Waals surface area (Å²) in [4.78, 5) is 16.5. The summed E-state index contributed by atoms with van der Waals surface area (Å²) in [7, 11) is -3.43. The smallest absolute Gasteiger partial charge is 0.255 e. The topological polar surface area (TPSA) is 123 Å². The molecule has 0 aliphatic rings. The number of nitrogens with zero attached hydrogens (tertiary/aromatic N) is 2. The lowest BCUT2D eigenvalue weighted by molar-refractivity contribution is 0.102. The van der Waals surface area contributed by atoms with E-state index in [-0.39, 0.29) is 24.8 Å². The van der Waals surface area contributed by atoms with E-state index in [0.29, 0.717) is 34.3 Å². The molecule has 0 saturated carbocycles. The van der Waals surface area contributed by atoms with Crippen molar-refractivity contribution in [2.75, 3.05) is 11.9 Å². The molecule has 3 aromatic rings. The fraction of sp³-hybridized carbons (Fsp3) is 0.190. The standard InChI is InChI=1S/C21H22N4O5S/c1-3-12-22-31(27,28)14-16-4-8-18(9-5-16)24-21(26)17-6-10-19(11-7-17)29-13-20-23-15(2)30-25-20/h3-11,22H,1,12-14H2,2H3,(H,24,26). The Balaban J connectivity index is 1.54. The molecule has 1 amide bonds. The fourth-order valence-corrected chi connectivity index (χ4v) is 3.70. The van der Waals surface area contributed by atoms with Gasteiger partial charge < -0.3 is 14.6 Å². The maximum Gasteiger partial charge on any atom is 0.255 e. The molecule has 0 bridgehead atoms. The molecule has 10 heteroatoms. The van der Waals surface area contributed by atoms with E-state index in [1.165, 1.54) is 6.08 Å². The molecule has 3 rings (SSSR count). The molecule has 0 aliphatic carbocycles. The molecule has 0 saturated heterocycles. The van der Waals surface area contributed by atoms with Crippen LogP contribution in [-0.2, 0) is 22.4 Å². The maximum absolute atomic E-state index is 12.4. The molecule has 0 radical (unpaired) electrons. The average Bonchev–Trinajstić information content (AvgIpc) is 3.17. The fourth-order valence-electron chi connectivity index (χ4n) is 2.59. The van der Waals surface area contributed by atoms with Crippen molar-refractivity contribution in [1.82, 2.24) is 14.9 Å². The molecule has 0 aliphatic heterocycles. The van der Waals surface area contributed by atoms with E-state index < -0.39 is 10.0 Å². The average molecular weight is 442 g/mol. The van der Waals surface area contributed by atoms with E-state index in [1.807, 2.05) is 0 Å². The van der Waals surface area contributed by atoms with E-state index in [2.05, 4.69) is 26.8 Å². The Hall–Kier alpha value is -3.50. The number of hydrogen-bond donors (Lipinski definition) is 2. The number of anilines is 1. The van der Waals surface area contributed by atoms with Gasteiger partial charge in [0, 0.05) is 24.7 Å². The summed E-state index contributed by atoms with van der Waals surface area (Å²) in [5, 5.41) is 6.52. The first-order chi connectivity index (χ1) is 14.8. The minimum Gasteiger partial charge on any atom is -0.485 e. The van der Waals surface area contributed by atoms with Crippen molar-refractivity contribution >= 4 is 21.6 Å². The van der Waals surface area contributed by atoms with Crippen LogP contribution in [0.2, 0.25) is 0 Å². The molecular formula is C21H22N4O5S. The second-order valence-electron chi connectivity index (χ2n) is 6.59. The lowest BCUT2D eigenvalue weighted by atomic mass is 10.2. The van der Waals surface area contributed by atoms with Gasteiger partial charge in [0.2, 0.25) is 21.7 Å². The predicted molar refractivity (Wildman–Crippen MR) is 115 cm³/mol. The van der Waals surface area contributed by atoms with Gasteiger partial charge in [0.15, 0.2) is 6.61 Å². The Morgan fingerprint density at radius 1 is 1.16 bits per heavy atom. The molecule has 1 aromatic heterocycles. The monoisotopic (exact) mass is 442 g/mol. The lowest BCUT2D eigenvalue weighted by Crippen LogP contribution is -2.25. The van der Waals surface area contributed by atoms with Crippen LogP contribution < -0.4 is 14.8 Å². The predicted octanol–water partition coefficient (Wildman–Crippen LogP) is 2.81. The van der Waals surface area contributed by atoms with Crippen LogP contribution in [0.25, 0.3) is 0 Å². The summed E-state index contributed by atoms with van der Waals surface area (Å²) in [6.07, 6.45) is 1.48. The highest BCUT2D eigenvalue weighted by molar-refractivity contribution is 7.88. The Labute approximate surface area is 180 Å². The van der Waals surface area contributed by atoms with E-state index in [4.69, 9.17) is 9.26 Å². The summed E-state index contributed by atoms with van der Waals surface area (Å²) in [5.41, 5.74) is 1.61. The van der Waals surface area contributed by atoms with Gasteiger partial charge in [0.1, 0.15) is 5.75 Å². The number of sulfonamides is 1. The molecular weight excluding hydrogens is 420 g/mol. The van der Waals surface area contributed by atoms with Crippen molar-refractivity contribution in [1.29, 1.82) is 0 Å². The van der Waals surface area contributed by atoms with Crippen molar-refractivity contribution in [3.05, 3.63) is 84.0 Å². The third-order valence-corrected chi connectivity index (χ3v) is 5.39. The molecule has 31 heavy (non-hydrogen) atoms. The van der Waals surface area contributed by atoms with Gasteiger partial charge in [-0.15, -0.1) is 6.58 Å². The Kier molecular flexibility index (Phi) is 7.16. The van der Waals surface area contributed by atoms with E-state index >= 15 is 0 Å². The van der Waals surface area contributed by atoms with Gasteiger partial charge in [-0.1, -0.05) is 23.4 Å². The highest BCUT2D eigenvalue weighted by Gasteiger charge is 2.11. The minimum atomic E-state index is -3.43. The Bertz CT molecular complexity index is 1140. The Morgan fingerprint density at radius 2 is 1.87 bits per heavy atom. The van der Waals surface area contributed by atoms with E-state index in [9.17, 15) is 13.2 Å². The lowest BCUT2D eigenvalue weighted by Gasteiger charge is -2.08. The molecule has 0 unspecified atom stereocenters. The highest BCUT2D eigenvalue weighted by atomic mass is 32.2. The number of rotatable bonds is 10. The first kappa shape index (κ1) is 22.2. The van der Waals surface area contributed by atoms with Crippen LogP contribution in [0, 0.1) is 6.92 Å². The van der Waals surface area contributed by atoms with Gasteiger partial charge >= 0.3 is 0 Å². The number of amides is 1. The number of carbonyl (C=O) groups is 1. The molecule has 2 N–H and O–H groups in total. The summed E-state index contributed by atoms with van der Waals surface area (Å²) in [6, 6.07) is 13.2. The summed E-state index contributed by atoms with van der Waals surface area (Å²) >= 11 is 0. The number of aryl methyl sites for hydroxylation is 1.